The van der Waals surface area contributed by atoms with Gasteiger partial charge in [0.2, 0.25) is 0 Å². The highest BCUT2D eigenvalue weighted by Crippen LogP contribution is 2.34. The van der Waals surface area contributed by atoms with Crippen LogP contribution in [0.5, 0.6) is 0 Å². The molecule has 0 fully saturated rings. The summed E-state index contributed by atoms with van der Waals surface area (Å²) in [5.41, 5.74) is 7.89. The molecule has 0 radical (unpaired) electrons. The van der Waals surface area contributed by atoms with Gasteiger partial charge in [0.25, 0.3) is 11.1 Å². The third-order valence-corrected chi connectivity index (χ3v) is 9.35. The minimum absolute atomic E-state index is 0.0182. The molecule has 0 aliphatic heterocycles. The van der Waals surface area contributed by atoms with Gasteiger partial charge in [0.1, 0.15) is 22.8 Å². The molecule has 0 aliphatic carbocycles. The van der Waals surface area contributed by atoms with Crippen LogP contribution in [0.1, 0.15) is 48.4 Å². The smallest absolute Gasteiger partial charge is 0.324 e. The number of aliphatic hydroxyl groups excluding tert-OH is 1. The van der Waals surface area contributed by atoms with Crippen molar-refractivity contribution < 1.29 is 19.5 Å². The van der Waals surface area contributed by atoms with Crippen molar-refractivity contribution in [1.29, 1.82) is 0 Å². The topological polar surface area (TPSA) is 174 Å². The Morgan fingerprint density at radius 1 is 0.655 bits per heavy atom. The van der Waals surface area contributed by atoms with E-state index in [1.807, 2.05) is 43.3 Å². The molecule has 0 saturated carbocycles. The number of aliphatic hydroxyl groups is 1. The van der Waals surface area contributed by atoms with Crippen LogP contribution in [-0.4, -0.2) is 55.4 Å². The van der Waals surface area contributed by atoms with E-state index < -0.39 is 22.9 Å². The Balaban J connectivity index is 0.000000221. The molecule has 2 heterocycles. The molecule has 2 aromatic heterocycles. The van der Waals surface area contributed by atoms with Gasteiger partial charge in [0, 0.05) is 46.5 Å². The predicted molar refractivity (Wildman–Crippen MR) is 228 cm³/mol. The summed E-state index contributed by atoms with van der Waals surface area (Å²) in [6, 6.07) is 30.6. The van der Waals surface area contributed by atoms with Crippen molar-refractivity contribution in [1.82, 2.24) is 19.6 Å². The Labute approximate surface area is 344 Å². The molecule has 15 heteroatoms. The number of halogens is 2. The van der Waals surface area contributed by atoms with Crippen molar-refractivity contribution >= 4 is 63.5 Å². The SMILES string of the molecule is CCn1nc(-c2ccccc2)c(C(C)=O)c(N(C(N)=O)c2cccc(Cl)c2)c1=O.CCn1nc(-c2ccccc2)c(C(C)=O)c(N(CCO)c2cccc(Cl)c2)c1=O. The molecule has 6 aromatic rings. The number of anilines is 4. The molecular weight excluding hydrogens is 781 g/mol. The third-order valence-electron chi connectivity index (χ3n) is 8.88. The first-order valence-electron chi connectivity index (χ1n) is 18.2. The fourth-order valence-corrected chi connectivity index (χ4v) is 6.73. The van der Waals surface area contributed by atoms with E-state index in [-0.39, 0.29) is 53.7 Å². The van der Waals surface area contributed by atoms with Crippen LogP contribution in [0, 0.1) is 0 Å². The van der Waals surface area contributed by atoms with E-state index >= 15 is 0 Å². The average Bonchev–Trinajstić information content (AvgIpc) is 3.21. The summed E-state index contributed by atoms with van der Waals surface area (Å²) in [7, 11) is 0. The monoisotopic (exact) mass is 821 g/mol. The number of ketones is 2. The molecule has 58 heavy (non-hydrogen) atoms. The fourth-order valence-electron chi connectivity index (χ4n) is 6.36. The average molecular weight is 823 g/mol. The largest absolute Gasteiger partial charge is 0.395 e. The number of amides is 2. The lowest BCUT2D eigenvalue weighted by Crippen LogP contribution is -2.39. The maximum Gasteiger partial charge on any atom is 0.324 e. The van der Waals surface area contributed by atoms with E-state index in [0.29, 0.717) is 39.2 Å². The number of carbonyl (C=O) groups is 3. The standard InChI is InChI=1S/C22H22ClN3O3.C21H19ClN4O3/c1-3-26-22(29)21(25(12-13-27)18-11-7-10-17(23)14-18)19(15(2)28)20(24-26)16-8-5-4-6-9-16;1-3-25-20(28)19(26(21(23)29)16-11-7-10-15(22)12-16)17(13(2)27)18(24-25)14-8-5-4-6-9-14/h4-11,14,27H,3,12-13H2,1-2H3;4-12H,3H2,1-2H3,(H2,23,29). The van der Waals surface area contributed by atoms with Gasteiger partial charge in [-0.25, -0.2) is 14.2 Å². The van der Waals surface area contributed by atoms with Gasteiger partial charge in [-0.3, -0.25) is 24.1 Å². The highest BCUT2D eigenvalue weighted by atomic mass is 35.5. The molecule has 4 aromatic carbocycles. The number of primary amides is 1. The van der Waals surface area contributed by atoms with E-state index in [9.17, 15) is 29.1 Å². The number of aryl methyl sites for hydroxylation is 2. The van der Waals surface area contributed by atoms with Crippen LogP contribution in [0.25, 0.3) is 22.5 Å². The number of nitrogens with zero attached hydrogens (tertiary/aromatic N) is 6. The van der Waals surface area contributed by atoms with E-state index in [0.717, 1.165) is 10.5 Å². The second-order valence-corrected chi connectivity index (χ2v) is 13.6. The van der Waals surface area contributed by atoms with E-state index in [4.69, 9.17) is 28.9 Å². The minimum Gasteiger partial charge on any atom is -0.395 e. The molecule has 6 rings (SSSR count). The summed E-state index contributed by atoms with van der Waals surface area (Å²) in [6.45, 7) is 6.79. The molecule has 298 valence electrons. The summed E-state index contributed by atoms with van der Waals surface area (Å²) < 4.78 is 2.53. The zero-order valence-electron chi connectivity index (χ0n) is 32.2. The molecule has 13 nitrogen and oxygen atoms in total. The van der Waals surface area contributed by atoms with Gasteiger partial charge < -0.3 is 15.7 Å². The number of Topliss-reactive ketones (excluding diaryl/α,β-unsaturated/α-hetero) is 2. The highest BCUT2D eigenvalue weighted by Gasteiger charge is 2.30. The predicted octanol–water partition coefficient (Wildman–Crippen LogP) is 7.92. The maximum absolute atomic E-state index is 13.3. The molecule has 0 unspecified atom stereocenters. The number of hydrogen-bond donors (Lipinski definition) is 2. The zero-order valence-corrected chi connectivity index (χ0v) is 33.7. The molecule has 0 aliphatic rings. The Morgan fingerprint density at radius 2 is 1.09 bits per heavy atom. The third kappa shape index (κ3) is 9.24. The van der Waals surface area contributed by atoms with Crippen LogP contribution in [0.3, 0.4) is 0 Å². The van der Waals surface area contributed by atoms with Crippen LogP contribution in [0.15, 0.2) is 119 Å². The van der Waals surface area contributed by atoms with Crippen molar-refractivity contribution in [2.45, 2.75) is 40.8 Å². The fraction of sp³-hybridized carbons (Fsp3) is 0.186. The maximum atomic E-state index is 13.3. The number of aromatic nitrogens is 4. The molecule has 2 amide bonds. The summed E-state index contributed by atoms with van der Waals surface area (Å²) in [5, 5.41) is 19.4. The Kier molecular flexibility index (Phi) is 14.1. The van der Waals surface area contributed by atoms with Gasteiger partial charge in [0.05, 0.1) is 23.4 Å². The Morgan fingerprint density at radius 3 is 1.50 bits per heavy atom. The molecule has 0 bridgehead atoms. The highest BCUT2D eigenvalue weighted by molar-refractivity contribution is 6.31. The second-order valence-electron chi connectivity index (χ2n) is 12.7. The van der Waals surface area contributed by atoms with Crippen LogP contribution in [0.2, 0.25) is 10.0 Å². The molecule has 0 spiro atoms. The van der Waals surface area contributed by atoms with Crippen molar-refractivity contribution in [3.63, 3.8) is 0 Å². The summed E-state index contributed by atoms with van der Waals surface area (Å²) in [5.74, 6) is -0.698. The van der Waals surface area contributed by atoms with Crippen molar-refractivity contribution in [2.75, 3.05) is 23.0 Å². The zero-order chi connectivity index (χ0) is 42.1. The first-order valence-corrected chi connectivity index (χ1v) is 19.0. The number of carbonyl (C=O) groups excluding carboxylic acids is 3. The lowest BCUT2D eigenvalue weighted by molar-refractivity contribution is 0.100. The van der Waals surface area contributed by atoms with Gasteiger partial charge in [-0.05, 0) is 64.1 Å². The minimum atomic E-state index is -0.917. The lowest BCUT2D eigenvalue weighted by atomic mass is 10.0. The molecule has 0 atom stereocenters. The van der Waals surface area contributed by atoms with Crippen molar-refractivity contribution in [3.05, 3.63) is 151 Å². The van der Waals surface area contributed by atoms with E-state index in [1.54, 1.807) is 78.6 Å². The first kappa shape index (κ1) is 42.7. The normalized spacial score (nSPS) is 10.7. The quantitative estimate of drug-likeness (QED) is 0.116. The number of nitrogens with two attached hydrogens (primary N) is 1. The van der Waals surface area contributed by atoms with Gasteiger partial charge >= 0.3 is 6.03 Å². The van der Waals surface area contributed by atoms with Crippen molar-refractivity contribution in [2.24, 2.45) is 5.73 Å². The van der Waals surface area contributed by atoms with Crippen LogP contribution < -0.4 is 26.7 Å². The van der Waals surface area contributed by atoms with Crippen LogP contribution >= 0.6 is 23.2 Å². The van der Waals surface area contributed by atoms with Crippen LogP contribution in [0.4, 0.5) is 27.5 Å². The summed E-state index contributed by atoms with van der Waals surface area (Å²) in [4.78, 5) is 66.9. The number of urea groups is 1. The number of hydrogen-bond acceptors (Lipinski definition) is 9. The molecular formula is C43H41Cl2N7O6. The van der Waals surface area contributed by atoms with Gasteiger partial charge in [0.15, 0.2) is 11.6 Å². The van der Waals surface area contributed by atoms with Gasteiger partial charge in [-0.2, -0.15) is 10.2 Å². The van der Waals surface area contributed by atoms with E-state index in [2.05, 4.69) is 10.2 Å². The number of rotatable bonds is 12. The molecule has 0 saturated heterocycles. The summed E-state index contributed by atoms with van der Waals surface area (Å²) in [6.07, 6.45) is 0. The van der Waals surface area contributed by atoms with Crippen LogP contribution in [-0.2, 0) is 13.1 Å². The Bertz CT molecular complexity index is 2580. The summed E-state index contributed by atoms with van der Waals surface area (Å²) >= 11 is 12.2. The number of benzene rings is 4. The second kappa shape index (κ2) is 19.2. The first-order chi connectivity index (χ1) is 27.8. The van der Waals surface area contributed by atoms with Gasteiger partial charge in [-0.1, -0.05) is 96.0 Å². The van der Waals surface area contributed by atoms with Gasteiger partial charge in [-0.15, -0.1) is 0 Å². The Hall–Kier alpha value is -6.41. The molecule has 3 N–H and O–H groups in total. The lowest BCUT2D eigenvalue weighted by Gasteiger charge is -2.27. The van der Waals surface area contributed by atoms with E-state index in [1.165, 1.54) is 29.3 Å². The van der Waals surface area contributed by atoms with Crippen molar-refractivity contribution in [3.8, 4) is 22.5 Å².